The highest BCUT2D eigenvalue weighted by Crippen LogP contribution is 2.12. The van der Waals surface area contributed by atoms with Crippen molar-refractivity contribution in [2.45, 2.75) is 39.3 Å². The molecule has 0 aromatic heterocycles. The molecule has 0 bridgehead atoms. The first-order chi connectivity index (χ1) is 8.51. The Hall–Kier alpha value is -1.42. The maximum absolute atomic E-state index is 13.4. The van der Waals surface area contributed by atoms with Gasteiger partial charge in [-0.1, -0.05) is 19.9 Å². The van der Waals surface area contributed by atoms with E-state index in [4.69, 9.17) is 0 Å². The van der Waals surface area contributed by atoms with Crippen molar-refractivity contribution >= 4 is 5.97 Å². The molecule has 100 valence electrons. The van der Waals surface area contributed by atoms with E-state index in [-0.39, 0.29) is 18.2 Å². The van der Waals surface area contributed by atoms with Crippen LogP contribution in [0.3, 0.4) is 0 Å². The molecule has 0 saturated heterocycles. The highest BCUT2D eigenvalue weighted by atomic mass is 19.1. The van der Waals surface area contributed by atoms with Gasteiger partial charge in [0.05, 0.1) is 7.11 Å². The van der Waals surface area contributed by atoms with Gasteiger partial charge < -0.3 is 10.1 Å². The lowest BCUT2D eigenvalue weighted by molar-refractivity contribution is -0.140. The summed E-state index contributed by atoms with van der Waals surface area (Å²) in [6.07, 6.45) is 0.774. The fraction of sp³-hybridized carbons (Fsp3) is 0.500. The lowest BCUT2D eigenvalue weighted by Crippen LogP contribution is -2.22. The van der Waals surface area contributed by atoms with Crippen molar-refractivity contribution in [1.29, 1.82) is 0 Å². The molecule has 0 fully saturated rings. The summed E-state index contributed by atoms with van der Waals surface area (Å²) < 4.78 is 18.0. The summed E-state index contributed by atoms with van der Waals surface area (Å²) in [5.74, 6) is -0.543. The number of halogens is 1. The molecular formula is C14H20FNO2. The Kier molecular flexibility index (Phi) is 5.78. The van der Waals surface area contributed by atoms with E-state index < -0.39 is 0 Å². The standard InChI is InChI=1S/C14H20FNO2/c1-10(2)16-9-12-6-11(7-13(15)8-12)4-5-14(17)18-3/h6-8,10,16H,4-5,9H2,1-3H3. The Morgan fingerprint density at radius 3 is 2.61 bits per heavy atom. The molecule has 0 aliphatic heterocycles. The van der Waals surface area contributed by atoms with Crippen LogP contribution in [0.15, 0.2) is 18.2 Å². The minimum absolute atomic E-state index is 0.266. The van der Waals surface area contributed by atoms with Gasteiger partial charge >= 0.3 is 5.97 Å². The normalized spacial score (nSPS) is 10.7. The van der Waals surface area contributed by atoms with Crippen LogP contribution >= 0.6 is 0 Å². The first-order valence-corrected chi connectivity index (χ1v) is 6.10. The summed E-state index contributed by atoms with van der Waals surface area (Å²) in [6, 6.07) is 5.24. The zero-order chi connectivity index (χ0) is 13.5. The number of carbonyl (C=O) groups excluding carboxylic acids is 1. The zero-order valence-electron chi connectivity index (χ0n) is 11.1. The first-order valence-electron chi connectivity index (χ1n) is 6.10. The summed E-state index contributed by atoms with van der Waals surface area (Å²) in [6.45, 7) is 4.70. The van der Waals surface area contributed by atoms with Gasteiger partial charge in [0.15, 0.2) is 0 Å². The summed E-state index contributed by atoms with van der Waals surface area (Å²) >= 11 is 0. The fourth-order valence-corrected chi connectivity index (χ4v) is 1.63. The summed E-state index contributed by atoms with van der Waals surface area (Å²) in [5, 5.41) is 3.23. The van der Waals surface area contributed by atoms with Gasteiger partial charge in [-0.2, -0.15) is 0 Å². The zero-order valence-corrected chi connectivity index (χ0v) is 11.1. The Labute approximate surface area is 107 Å². The highest BCUT2D eigenvalue weighted by Gasteiger charge is 2.05. The van der Waals surface area contributed by atoms with E-state index in [1.54, 1.807) is 0 Å². The van der Waals surface area contributed by atoms with Crippen LogP contribution in [0, 0.1) is 5.82 Å². The Morgan fingerprint density at radius 2 is 2.00 bits per heavy atom. The second-order valence-electron chi connectivity index (χ2n) is 4.58. The predicted octanol–water partition coefficient (Wildman–Crippen LogP) is 2.43. The van der Waals surface area contributed by atoms with Gasteiger partial charge in [0.1, 0.15) is 5.82 Å². The van der Waals surface area contributed by atoms with Gasteiger partial charge in [-0.3, -0.25) is 4.79 Å². The van der Waals surface area contributed by atoms with Crippen molar-refractivity contribution in [3.8, 4) is 0 Å². The first kappa shape index (κ1) is 14.6. The molecule has 1 aromatic rings. The molecule has 0 heterocycles. The lowest BCUT2D eigenvalue weighted by atomic mass is 10.1. The van der Waals surface area contributed by atoms with Crippen LogP contribution in [0.2, 0.25) is 0 Å². The van der Waals surface area contributed by atoms with Crippen LogP contribution in [-0.4, -0.2) is 19.1 Å². The number of aryl methyl sites for hydroxylation is 1. The summed E-state index contributed by atoms with van der Waals surface area (Å²) in [7, 11) is 1.35. The number of methoxy groups -OCH3 is 1. The average Bonchev–Trinajstić information content (AvgIpc) is 2.33. The molecule has 18 heavy (non-hydrogen) atoms. The molecule has 0 radical (unpaired) electrons. The van der Waals surface area contributed by atoms with E-state index in [0.717, 1.165) is 11.1 Å². The summed E-state index contributed by atoms with van der Waals surface area (Å²) in [4.78, 5) is 11.0. The number of carbonyl (C=O) groups is 1. The number of nitrogens with one attached hydrogen (secondary N) is 1. The maximum Gasteiger partial charge on any atom is 0.305 e. The third-order valence-corrected chi connectivity index (χ3v) is 2.58. The monoisotopic (exact) mass is 253 g/mol. The molecule has 0 saturated carbocycles. The van der Waals surface area contributed by atoms with Crippen LogP contribution in [-0.2, 0) is 22.5 Å². The van der Waals surface area contributed by atoms with Gasteiger partial charge in [0.2, 0.25) is 0 Å². The third-order valence-electron chi connectivity index (χ3n) is 2.58. The Morgan fingerprint density at radius 1 is 1.33 bits per heavy atom. The van der Waals surface area contributed by atoms with E-state index in [1.807, 2.05) is 19.9 Å². The number of hydrogen-bond acceptors (Lipinski definition) is 3. The molecule has 3 nitrogen and oxygen atoms in total. The number of esters is 1. The topological polar surface area (TPSA) is 38.3 Å². The Balaban J connectivity index is 2.65. The maximum atomic E-state index is 13.4. The van der Waals surface area contributed by atoms with Crippen LogP contribution in [0.4, 0.5) is 4.39 Å². The second-order valence-corrected chi connectivity index (χ2v) is 4.58. The minimum atomic E-state index is -0.277. The molecule has 1 N–H and O–H groups in total. The second kappa shape index (κ2) is 7.11. The molecule has 0 unspecified atom stereocenters. The lowest BCUT2D eigenvalue weighted by Gasteiger charge is -2.10. The van der Waals surface area contributed by atoms with E-state index in [1.165, 1.54) is 19.2 Å². The van der Waals surface area contributed by atoms with E-state index >= 15 is 0 Å². The summed E-state index contributed by atoms with van der Waals surface area (Å²) in [5.41, 5.74) is 1.71. The quantitative estimate of drug-likeness (QED) is 0.791. The SMILES string of the molecule is COC(=O)CCc1cc(F)cc(CNC(C)C)c1. The van der Waals surface area contributed by atoms with Crippen molar-refractivity contribution in [3.05, 3.63) is 35.1 Å². The van der Waals surface area contributed by atoms with Crippen LogP contribution in [0.25, 0.3) is 0 Å². The minimum Gasteiger partial charge on any atom is -0.469 e. The average molecular weight is 253 g/mol. The molecule has 0 aliphatic rings. The highest BCUT2D eigenvalue weighted by molar-refractivity contribution is 5.69. The molecule has 4 heteroatoms. The number of rotatable bonds is 6. The third kappa shape index (κ3) is 5.27. The molecule has 1 aromatic carbocycles. The number of ether oxygens (including phenoxy) is 1. The fourth-order valence-electron chi connectivity index (χ4n) is 1.63. The van der Waals surface area contributed by atoms with Gasteiger partial charge in [-0.05, 0) is 29.7 Å². The van der Waals surface area contributed by atoms with Gasteiger partial charge in [0.25, 0.3) is 0 Å². The van der Waals surface area contributed by atoms with Gasteiger partial charge in [-0.25, -0.2) is 4.39 Å². The number of benzene rings is 1. The molecule has 0 aliphatic carbocycles. The van der Waals surface area contributed by atoms with E-state index in [2.05, 4.69) is 10.1 Å². The number of hydrogen-bond donors (Lipinski definition) is 1. The van der Waals surface area contributed by atoms with Crippen molar-refractivity contribution in [3.63, 3.8) is 0 Å². The molecule has 0 amide bonds. The van der Waals surface area contributed by atoms with Gasteiger partial charge in [0, 0.05) is 19.0 Å². The van der Waals surface area contributed by atoms with E-state index in [0.29, 0.717) is 19.0 Å². The Bertz CT molecular complexity index is 405. The van der Waals surface area contributed by atoms with Crippen molar-refractivity contribution in [1.82, 2.24) is 5.32 Å². The van der Waals surface area contributed by atoms with Crippen molar-refractivity contribution in [2.24, 2.45) is 0 Å². The van der Waals surface area contributed by atoms with Crippen LogP contribution < -0.4 is 5.32 Å². The van der Waals surface area contributed by atoms with E-state index in [9.17, 15) is 9.18 Å². The molecular weight excluding hydrogens is 233 g/mol. The molecule has 0 spiro atoms. The smallest absolute Gasteiger partial charge is 0.305 e. The van der Waals surface area contributed by atoms with Crippen LogP contribution in [0.5, 0.6) is 0 Å². The molecule has 1 rings (SSSR count). The van der Waals surface area contributed by atoms with Crippen molar-refractivity contribution < 1.29 is 13.9 Å². The van der Waals surface area contributed by atoms with Crippen molar-refractivity contribution in [2.75, 3.05) is 7.11 Å². The predicted molar refractivity (Wildman–Crippen MR) is 68.7 cm³/mol. The van der Waals surface area contributed by atoms with Gasteiger partial charge in [-0.15, -0.1) is 0 Å². The largest absolute Gasteiger partial charge is 0.469 e. The molecule has 0 atom stereocenters. The van der Waals surface area contributed by atoms with Crippen LogP contribution in [0.1, 0.15) is 31.4 Å².